The summed E-state index contributed by atoms with van der Waals surface area (Å²) in [4.78, 5) is 21.9. The zero-order valence-electron chi connectivity index (χ0n) is 16.9. The highest BCUT2D eigenvalue weighted by atomic mass is 16.1. The van der Waals surface area contributed by atoms with Crippen LogP contribution in [0, 0.1) is 6.92 Å². The third-order valence-corrected chi connectivity index (χ3v) is 5.45. The van der Waals surface area contributed by atoms with E-state index < -0.39 is 0 Å². The van der Waals surface area contributed by atoms with E-state index in [9.17, 15) is 4.79 Å². The number of benzene rings is 1. The first-order valence-electron chi connectivity index (χ1n) is 10.3. The average molecular weight is 393 g/mol. The molecule has 1 amide bonds. The van der Waals surface area contributed by atoms with E-state index in [1.165, 1.54) is 5.56 Å². The van der Waals surface area contributed by atoms with Gasteiger partial charge in [0, 0.05) is 51.7 Å². The normalized spacial score (nSPS) is 15.6. The molecule has 2 aromatic heterocycles. The summed E-state index contributed by atoms with van der Waals surface area (Å²) in [6, 6.07) is 12.5. The molecule has 7 heteroatoms. The first-order valence-corrected chi connectivity index (χ1v) is 10.3. The smallest absolute Gasteiger partial charge is 0.257 e. The Bertz CT molecular complexity index is 946. The summed E-state index contributed by atoms with van der Waals surface area (Å²) in [5.74, 6) is -0.0936. The van der Waals surface area contributed by atoms with Crippen LogP contribution >= 0.6 is 0 Å². The van der Waals surface area contributed by atoms with Crippen LogP contribution in [0.5, 0.6) is 0 Å². The molecule has 4 rings (SSSR count). The highest BCUT2D eigenvalue weighted by Gasteiger charge is 2.19. The number of nitrogens with zero attached hydrogens (tertiary/aromatic N) is 5. The zero-order chi connectivity index (χ0) is 20.1. The number of amides is 1. The molecule has 1 fully saturated rings. The van der Waals surface area contributed by atoms with Gasteiger partial charge in [0.05, 0.1) is 5.69 Å². The van der Waals surface area contributed by atoms with Crippen LogP contribution in [-0.4, -0.2) is 69.6 Å². The fraction of sp³-hybridized carbons (Fsp3) is 0.409. The van der Waals surface area contributed by atoms with E-state index in [-0.39, 0.29) is 5.91 Å². The Hall–Kier alpha value is -2.77. The Morgan fingerprint density at radius 1 is 1.07 bits per heavy atom. The first kappa shape index (κ1) is 19.5. The summed E-state index contributed by atoms with van der Waals surface area (Å²) in [6.45, 7) is 8.88. The molecule has 152 valence electrons. The van der Waals surface area contributed by atoms with Gasteiger partial charge < -0.3 is 10.2 Å². The number of aromatic nitrogens is 3. The number of aryl methyl sites for hydroxylation is 1. The summed E-state index contributed by atoms with van der Waals surface area (Å²) in [5, 5.41) is 7.38. The molecule has 1 aliphatic heterocycles. The van der Waals surface area contributed by atoms with Crippen LogP contribution in [0.2, 0.25) is 0 Å². The summed E-state index contributed by atoms with van der Waals surface area (Å²) >= 11 is 0. The molecule has 0 saturated carbocycles. The molecule has 1 aromatic carbocycles. The quantitative estimate of drug-likeness (QED) is 0.623. The van der Waals surface area contributed by atoms with Crippen LogP contribution in [0.3, 0.4) is 0 Å². The van der Waals surface area contributed by atoms with Gasteiger partial charge in [0.25, 0.3) is 5.91 Å². The minimum atomic E-state index is -0.0936. The van der Waals surface area contributed by atoms with Crippen LogP contribution in [-0.2, 0) is 6.54 Å². The van der Waals surface area contributed by atoms with Crippen molar-refractivity contribution in [2.75, 3.05) is 39.3 Å². The van der Waals surface area contributed by atoms with Crippen molar-refractivity contribution in [2.45, 2.75) is 19.9 Å². The van der Waals surface area contributed by atoms with E-state index in [4.69, 9.17) is 0 Å². The van der Waals surface area contributed by atoms with Gasteiger partial charge in [0.15, 0.2) is 5.65 Å². The molecule has 0 unspecified atom stereocenters. The van der Waals surface area contributed by atoms with E-state index in [1.807, 2.05) is 13.1 Å². The Labute approximate surface area is 171 Å². The molecule has 7 nitrogen and oxygen atoms in total. The van der Waals surface area contributed by atoms with Gasteiger partial charge in [0.1, 0.15) is 5.56 Å². The van der Waals surface area contributed by atoms with Crippen LogP contribution in [0.1, 0.15) is 28.0 Å². The van der Waals surface area contributed by atoms with Crippen molar-refractivity contribution in [3.05, 3.63) is 65.6 Å². The SMILES string of the molecule is Cc1nn2cccnc2c1C(=O)NCCCN1CCN(Cc2ccccc2)CC1. The fourth-order valence-corrected chi connectivity index (χ4v) is 3.87. The van der Waals surface area contributed by atoms with Crippen molar-refractivity contribution in [1.82, 2.24) is 29.7 Å². The lowest BCUT2D eigenvalue weighted by Gasteiger charge is -2.34. The van der Waals surface area contributed by atoms with Crippen molar-refractivity contribution in [1.29, 1.82) is 0 Å². The minimum Gasteiger partial charge on any atom is -0.352 e. The standard InChI is InChI=1S/C22H28N6O/c1-18-20(21-23-9-6-12-28(21)25-18)22(29)24-10-5-11-26-13-15-27(16-14-26)17-19-7-3-2-4-8-19/h2-4,6-9,12H,5,10-11,13-17H2,1H3,(H,24,29). The molecule has 29 heavy (non-hydrogen) atoms. The van der Waals surface area contributed by atoms with Crippen molar-refractivity contribution in [3.8, 4) is 0 Å². The highest BCUT2D eigenvalue weighted by Crippen LogP contribution is 2.12. The number of piperazine rings is 1. The lowest BCUT2D eigenvalue weighted by molar-refractivity contribution is 0.0948. The number of hydrogen-bond donors (Lipinski definition) is 1. The topological polar surface area (TPSA) is 65.8 Å². The number of carbonyl (C=O) groups excluding carboxylic acids is 1. The summed E-state index contributed by atoms with van der Waals surface area (Å²) in [6.07, 6.45) is 4.43. The summed E-state index contributed by atoms with van der Waals surface area (Å²) < 4.78 is 1.65. The van der Waals surface area contributed by atoms with Gasteiger partial charge in [-0.05, 0) is 31.5 Å². The molecule has 0 aliphatic carbocycles. The Balaban J connectivity index is 1.18. The second-order valence-electron chi connectivity index (χ2n) is 7.56. The Kier molecular flexibility index (Phi) is 6.17. The maximum Gasteiger partial charge on any atom is 0.257 e. The van der Waals surface area contributed by atoms with Crippen molar-refractivity contribution < 1.29 is 4.79 Å². The first-order chi connectivity index (χ1) is 14.2. The minimum absolute atomic E-state index is 0.0936. The largest absolute Gasteiger partial charge is 0.352 e. The zero-order valence-corrected chi connectivity index (χ0v) is 16.9. The molecular formula is C22H28N6O. The number of fused-ring (bicyclic) bond motifs is 1. The number of carbonyl (C=O) groups is 1. The van der Waals surface area contributed by atoms with Gasteiger partial charge in [0.2, 0.25) is 0 Å². The lowest BCUT2D eigenvalue weighted by atomic mass is 10.2. The highest BCUT2D eigenvalue weighted by molar-refractivity contribution is 6.00. The van der Waals surface area contributed by atoms with Gasteiger partial charge in [-0.25, -0.2) is 9.50 Å². The van der Waals surface area contributed by atoms with Crippen molar-refractivity contribution in [3.63, 3.8) is 0 Å². The second-order valence-corrected chi connectivity index (χ2v) is 7.56. The van der Waals surface area contributed by atoms with Gasteiger partial charge in [-0.3, -0.25) is 9.69 Å². The number of hydrogen-bond acceptors (Lipinski definition) is 5. The molecule has 3 heterocycles. The number of nitrogens with one attached hydrogen (secondary N) is 1. The molecule has 1 saturated heterocycles. The third kappa shape index (κ3) is 4.81. The molecule has 0 atom stereocenters. The van der Waals surface area contributed by atoms with E-state index in [0.717, 1.165) is 45.7 Å². The van der Waals surface area contributed by atoms with Gasteiger partial charge in [-0.1, -0.05) is 30.3 Å². The Morgan fingerprint density at radius 3 is 2.62 bits per heavy atom. The fourth-order valence-electron chi connectivity index (χ4n) is 3.87. The molecule has 1 N–H and O–H groups in total. The maximum absolute atomic E-state index is 12.6. The van der Waals surface area contributed by atoms with Gasteiger partial charge >= 0.3 is 0 Å². The van der Waals surface area contributed by atoms with Crippen LogP contribution in [0.15, 0.2) is 48.8 Å². The number of rotatable bonds is 7. The van der Waals surface area contributed by atoms with Crippen molar-refractivity contribution in [2.24, 2.45) is 0 Å². The van der Waals surface area contributed by atoms with Crippen LogP contribution in [0.25, 0.3) is 5.65 Å². The van der Waals surface area contributed by atoms with Crippen LogP contribution < -0.4 is 5.32 Å². The lowest BCUT2D eigenvalue weighted by Crippen LogP contribution is -2.46. The predicted molar refractivity (Wildman–Crippen MR) is 113 cm³/mol. The monoisotopic (exact) mass is 392 g/mol. The molecular weight excluding hydrogens is 364 g/mol. The average Bonchev–Trinajstić information content (AvgIpc) is 3.09. The maximum atomic E-state index is 12.6. The van der Waals surface area contributed by atoms with Crippen LogP contribution in [0.4, 0.5) is 0 Å². The van der Waals surface area contributed by atoms with Crippen molar-refractivity contribution >= 4 is 11.6 Å². The molecule has 0 radical (unpaired) electrons. The molecule has 3 aromatic rings. The molecule has 0 bridgehead atoms. The van der Waals surface area contributed by atoms with Gasteiger partial charge in [-0.15, -0.1) is 0 Å². The second kappa shape index (κ2) is 9.15. The predicted octanol–water partition coefficient (Wildman–Crippen LogP) is 1.98. The van der Waals surface area contributed by atoms with Gasteiger partial charge in [-0.2, -0.15) is 5.10 Å². The van der Waals surface area contributed by atoms with E-state index in [2.05, 4.69) is 55.5 Å². The molecule has 1 aliphatic rings. The third-order valence-electron chi connectivity index (χ3n) is 5.45. The van der Waals surface area contributed by atoms with E-state index >= 15 is 0 Å². The van der Waals surface area contributed by atoms with E-state index in [1.54, 1.807) is 16.8 Å². The summed E-state index contributed by atoms with van der Waals surface area (Å²) in [7, 11) is 0. The Morgan fingerprint density at radius 2 is 1.83 bits per heavy atom. The summed E-state index contributed by atoms with van der Waals surface area (Å²) in [5.41, 5.74) is 3.26. The molecule has 0 spiro atoms. The van der Waals surface area contributed by atoms with E-state index in [0.29, 0.717) is 23.4 Å².